The van der Waals surface area contributed by atoms with Crippen molar-refractivity contribution in [3.8, 4) is 11.6 Å². The van der Waals surface area contributed by atoms with Crippen LogP contribution in [-0.2, 0) is 30.8 Å². The molecule has 4 N–H and O–H groups in total. The number of carbonyl (C=O) groups excluding carboxylic acids is 4. The Bertz CT molecular complexity index is 1960. The fourth-order valence-electron chi connectivity index (χ4n) is 8.54. The van der Waals surface area contributed by atoms with Crippen LogP contribution in [-0.4, -0.2) is 114 Å². The highest BCUT2D eigenvalue weighted by atomic mass is 32.2. The Hall–Kier alpha value is -4.44. The van der Waals surface area contributed by atoms with Crippen molar-refractivity contribution >= 4 is 44.7 Å². The number of likely N-dealkylation sites (tertiary alicyclic amines) is 2. The van der Waals surface area contributed by atoms with Crippen LogP contribution in [0.1, 0.15) is 103 Å². The highest BCUT2D eigenvalue weighted by Crippen LogP contribution is 2.34. The van der Waals surface area contributed by atoms with Gasteiger partial charge >= 0.3 is 6.03 Å². The molecule has 3 heterocycles. The molecule has 0 bridgehead atoms. The number of fused-ring (bicyclic) bond motifs is 1. The van der Waals surface area contributed by atoms with E-state index in [1.807, 2.05) is 24.3 Å². The van der Waals surface area contributed by atoms with Gasteiger partial charge in [0.05, 0.1) is 24.4 Å². The number of aromatic nitrogens is 1. The van der Waals surface area contributed by atoms with Crippen molar-refractivity contribution in [2.75, 3.05) is 33.4 Å². The molecule has 5 amide bonds. The summed E-state index contributed by atoms with van der Waals surface area (Å²) in [5, 5.41) is 15.5. The molecule has 59 heavy (non-hydrogen) atoms. The molecule has 0 spiro atoms. The first-order valence-corrected chi connectivity index (χ1v) is 22.9. The van der Waals surface area contributed by atoms with Crippen molar-refractivity contribution in [2.24, 2.45) is 11.8 Å². The summed E-state index contributed by atoms with van der Waals surface area (Å²) < 4.78 is 40.2. The number of rotatable bonds is 18. The minimum atomic E-state index is -3.95. The van der Waals surface area contributed by atoms with Gasteiger partial charge in [-0.3, -0.25) is 19.1 Å². The third-order valence-corrected chi connectivity index (χ3v) is 14.5. The quantitative estimate of drug-likeness (QED) is 0.124. The molecule has 4 fully saturated rings. The molecule has 1 unspecified atom stereocenters. The number of hydrogen-bond donors (Lipinski definition) is 4. The molecule has 16 heteroatoms. The second-order valence-corrected chi connectivity index (χ2v) is 18.9. The fourth-order valence-corrected chi connectivity index (χ4v) is 9.93. The van der Waals surface area contributed by atoms with Crippen LogP contribution in [0.25, 0.3) is 10.9 Å². The number of sulfonamides is 1. The SMILES string of the molecule is C=C[C@H](C)[C@@](C)(NC(=O)[C@@H]1CC(Oc2nc3cc(OC)ccc3cc2CCCCCO)CN1C(=O)[C@@H](NC(=O)N1CCCC1)C1CCCCC1)C(=O)NS(=O)(=O)C1CC1. The number of aliphatic hydroxyl groups excluding tert-OH is 1. The van der Waals surface area contributed by atoms with Crippen LogP contribution in [0.4, 0.5) is 4.79 Å². The summed E-state index contributed by atoms with van der Waals surface area (Å²) in [6.45, 7) is 8.25. The van der Waals surface area contributed by atoms with E-state index in [0.717, 1.165) is 68.7 Å². The summed E-state index contributed by atoms with van der Waals surface area (Å²) in [6, 6.07) is 5.28. The Morgan fingerprint density at radius 2 is 1.76 bits per heavy atom. The third kappa shape index (κ3) is 10.5. The van der Waals surface area contributed by atoms with Crippen molar-refractivity contribution in [1.82, 2.24) is 30.1 Å². The van der Waals surface area contributed by atoms with Gasteiger partial charge in [0.15, 0.2) is 0 Å². The Morgan fingerprint density at radius 1 is 1.03 bits per heavy atom. The maximum atomic E-state index is 15.0. The zero-order valence-corrected chi connectivity index (χ0v) is 35.6. The molecule has 2 saturated heterocycles. The van der Waals surface area contributed by atoms with E-state index in [0.29, 0.717) is 55.9 Å². The maximum Gasteiger partial charge on any atom is 0.318 e. The van der Waals surface area contributed by atoms with E-state index >= 15 is 4.79 Å². The Kier molecular flexibility index (Phi) is 14.4. The first-order valence-electron chi connectivity index (χ1n) is 21.4. The van der Waals surface area contributed by atoms with Crippen LogP contribution in [0.5, 0.6) is 11.6 Å². The maximum absolute atomic E-state index is 15.0. The molecule has 1 aromatic carbocycles. The van der Waals surface area contributed by atoms with Gasteiger partial charge < -0.3 is 35.0 Å². The van der Waals surface area contributed by atoms with E-state index in [9.17, 15) is 27.9 Å². The normalized spacial score (nSPS) is 22.0. The zero-order valence-electron chi connectivity index (χ0n) is 34.7. The molecular formula is C43H62N6O9S. The third-order valence-electron chi connectivity index (χ3n) is 12.7. The lowest BCUT2D eigenvalue weighted by Crippen LogP contribution is -2.64. The van der Waals surface area contributed by atoms with Crippen molar-refractivity contribution in [3.63, 3.8) is 0 Å². The van der Waals surface area contributed by atoms with Gasteiger partial charge in [0.2, 0.25) is 27.7 Å². The van der Waals surface area contributed by atoms with Crippen molar-refractivity contribution in [2.45, 2.75) is 133 Å². The Morgan fingerprint density at radius 3 is 2.42 bits per heavy atom. The number of amides is 5. The van der Waals surface area contributed by atoms with Gasteiger partial charge in [-0.1, -0.05) is 38.7 Å². The van der Waals surface area contributed by atoms with Crippen LogP contribution in [0, 0.1) is 11.8 Å². The Balaban J connectivity index is 1.33. The number of unbranched alkanes of at least 4 members (excludes halogenated alkanes) is 2. The standard InChI is InChI=1S/C43H62N6O9S/c1-5-28(2)43(3,41(53)47-59(55,56)34-19-20-34)46-38(51)36-26-33(58-39-31(16-10-7-13-23-50)24-30-17-18-32(57-4)25-35(30)44-39)27-49(36)40(52)37(29-14-8-6-9-15-29)45-42(54)48-21-11-12-22-48/h5,17-18,24-25,28-29,33-34,36-37,50H,1,6-16,19-23,26-27H2,2-4H3,(H,45,54)(H,46,51)(H,47,53)/t28-,33?,36-,37-,43+/m0/s1. The summed E-state index contributed by atoms with van der Waals surface area (Å²) in [5.41, 5.74) is -0.269. The van der Waals surface area contributed by atoms with Gasteiger partial charge in [0, 0.05) is 49.1 Å². The smallest absolute Gasteiger partial charge is 0.318 e. The number of aliphatic hydroxyl groups is 1. The van der Waals surface area contributed by atoms with E-state index in [4.69, 9.17) is 14.5 Å². The predicted molar refractivity (Wildman–Crippen MR) is 223 cm³/mol. The summed E-state index contributed by atoms with van der Waals surface area (Å²) in [4.78, 5) is 65.2. The molecule has 6 rings (SSSR count). The predicted octanol–water partition coefficient (Wildman–Crippen LogP) is 4.36. The number of carbonyl (C=O) groups is 4. The molecule has 324 valence electrons. The lowest BCUT2D eigenvalue weighted by atomic mass is 9.83. The highest BCUT2D eigenvalue weighted by Gasteiger charge is 2.49. The number of benzene rings is 1. The summed E-state index contributed by atoms with van der Waals surface area (Å²) >= 11 is 0. The average molecular weight is 839 g/mol. The molecule has 15 nitrogen and oxygen atoms in total. The molecule has 2 aromatic rings. The van der Waals surface area contributed by atoms with Crippen LogP contribution in [0.3, 0.4) is 0 Å². The van der Waals surface area contributed by atoms with E-state index in [-0.39, 0.29) is 31.5 Å². The lowest BCUT2D eigenvalue weighted by molar-refractivity contribution is -0.143. The Labute approximate surface area is 348 Å². The van der Waals surface area contributed by atoms with Gasteiger partial charge in [0.25, 0.3) is 5.91 Å². The monoisotopic (exact) mass is 838 g/mol. The van der Waals surface area contributed by atoms with Crippen LogP contribution < -0.4 is 24.8 Å². The van der Waals surface area contributed by atoms with Gasteiger partial charge in [-0.2, -0.15) is 0 Å². The average Bonchev–Trinajstić information content (AvgIpc) is 3.80. The molecule has 2 aliphatic carbocycles. The van der Waals surface area contributed by atoms with Gasteiger partial charge in [-0.15, -0.1) is 6.58 Å². The van der Waals surface area contributed by atoms with E-state index in [1.54, 1.807) is 18.9 Å². The molecule has 0 radical (unpaired) electrons. The molecule has 1 aromatic heterocycles. The second kappa shape index (κ2) is 19.3. The van der Waals surface area contributed by atoms with E-state index in [1.165, 1.54) is 17.9 Å². The van der Waals surface area contributed by atoms with Gasteiger partial charge in [-0.25, -0.2) is 18.2 Å². The van der Waals surface area contributed by atoms with Gasteiger partial charge in [-0.05, 0) is 88.8 Å². The number of nitrogens with one attached hydrogen (secondary N) is 3. The summed E-state index contributed by atoms with van der Waals surface area (Å²) in [5.74, 6) is -1.83. The number of aryl methyl sites for hydroxylation is 1. The number of pyridine rings is 1. The van der Waals surface area contributed by atoms with Crippen molar-refractivity contribution in [3.05, 3.63) is 42.5 Å². The molecule has 5 atom stereocenters. The number of hydrogen-bond acceptors (Lipinski definition) is 10. The van der Waals surface area contributed by atoms with Crippen molar-refractivity contribution in [1.29, 1.82) is 0 Å². The highest BCUT2D eigenvalue weighted by molar-refractivity contribution is 7.91. The number of nitrogens with zero attached hydrogens (tertiary/aromatic N) is 3. The van der Waals surface area contributed by atoms with Crippen LogP contribution in [0.15, 0.2) is 36.9 Å². The number of urea groups is 1. The summed E-state index contributed by atoms with van der Waals surface area (Å²) in [6.07, 6.45) is 10.7. The second-order valence-electron chi connectivity index (χ2n) is 16.9. The zero-order chi connectivity index (χ0) is 42.3. The number of methoxy groups -OCH3 is 1. The molecule has 2 saturated carbocycles. The first kappa shape index (κ1) is 44.1. The first-order chi connectivity index (χ1) is 28.3. The van der Waals surface area contributed by atoms with Crippen molar-refractivity contribution < 1.29 is 42.2 Å². The minimum Gasteiger partial charge on any atom is -0.497 e. The number of ether oxygens (including phenoxy) is 2. The van der Waals surface area contributed by atoms with Crippen LogP contribution >= 0.6 is 0 Å². The lowest BCUT2D eigenvalue weighted by Gasteiger charge is -2.37. The largest absolute Gasteiger partial charge is 0.497 e. The van der Waals surface area contributed by atoms with Crippen LogP contribution in [0.2, 0.25) is 0 Å². The molecule has 4 aliphatic rings. The van der Waals surface area contributed by atoms with E-state index in [2.05, 4.69) is 21.9 Å². The molecular weight excluding hydrogens is 777 g/mol. The summed E-state index contributed by atoms with van der Waals surface area (Å²) in [7, 11) is -2.37. The van der Waals surface area contributed by atoms with E-state index < -0.39 is 62.6 Å². The molecule has 2 aliphatic heterocycles. The topological polar surface area (TPSA) is 197 Å². The fraction of sp³-hybridized carbons (Fsp3) is 0.651. The van der Waals surface area contributed by atoms with Gasteiger partial charge in [0.1, 0.15) is 29.5 Å². The minimum absolute atomic E-state index is 0.00249.